The van der Waals surface area contributed by atoms with Gasteiger partial charge in [-0.1, -0.05) is 23.7 Å². The van der Waals surface area contributed by atoms with Crippen LogP contribution in [0.25, 0.3) is 5.69 Å². The molecule has 0 radical (unpaired) electrons. The topological polar surface area (TPSA) is 79.2 Å². The molecule has 6 nitrogen and oxygen atoms in total. The van der Waals surface area contributed by atoms with E-state index in [1.807, 2.05) is 25.1 Å². The molecule has 0 saturated heterocycles. The second-order valence-electron chi connectivity index (χ2n) is 11.3. The highest BCUT2D eigenvalue weighted by Gasteiger charge is 2.51. The first-order valence-corrected chi connectivity index (χ1v) is 14.1. The fourth-order valence-electron chi connectivity index (χ4n) is 7.30. The Bertz CT molecular complexity index is 1450. The lowest BCUT2D eigenvalue weighted by Crippen LogP contribution is -2.48. The molecule has 4 saturated carbocycles. The van der Waals surface area contributed by atoms with Crippen molar-refractivity contribution in [2.75, 3.05) is 5.32 Å². The number of carbonyl (C=O) groups is 1. The number of urea groups is 1. The number of rotatable bonds is 4. The van der Waals surface area contributed by atoms with E-state index in [4.69, 9.17) is 11.6 Å². The summed E-state index contributed by atoms with van der Waals surface area (Å²) in [4.78, 5) is 29.9. The van der Waals surface area contributed by atoms with Crippen molar-refractivity contribution < 1.29 is 4.79 Å². The molecule has 0 spiro atoms. The number of benzene rings is 2. The zero-order valence-electron chi connectivity index (χ0n) is 21.0. The lowest BCUT2D eigenvalue weighted by molar-refractivity contribution is -0.00517. The van der Waals surface area contributed by atoms with Crippen LogP contribution >= 0.6 is 27.5 Å². The third-order valence-corrected chi connectivity index (χ3v) is 9.80. The molecular formula is C29H30BrClN4O2. The van der Waals surface area contributed by atoms with Gasteiger partial charge in [0, 0.05) is 21.4 Å². The Kier molecular flexibility index (Phi) is 6.19. The van der Waals surface area contributed by atoms with Crippen molar-refractivity contribution >= 4 is 45.5 Å². The molecule has 1 heterocycles. The minimum absolute atomic E-state index is 0.240. The Labute approximate surface area is 229 Å². The Morgan fingerprint density at radius 1 is 1.11 bits per heavy atom. The van der Waals surface area contributed by atoms with Gasteiger partial charge in [0.1, 0.15) is 0 Å². The molecular weight excluding hydrogens is 552 g/mol. The number of aromatic amines is 1. The highest BCUT2D eigenvalue weighted by molar-refractivity contribution is 9.10. The number of hydrogen-bond acceptors (Lipinski definition) is 2. The van der Waals surface area contributed by atoms with E-state index in [-0.39, 0.29) is 11.0 Å². The molecule has 4 aliphatic rings. The molecule has 1 aromatic heterocycles. The molecule has 2 amide bonds. The van der Waals surface area contributed by atoms with Crippen molar-refractivity contribution in [2.24, 2.45) is 22.7 Å². The number of amides is 2. The van der Waals surface area contributed by atoms with Crippen LogP contribution in [0.3, 0.4) is 0 Å². The van der Waals surface area contributed by atoms with Crippen LogP contribution in [-0.4, -0.2) is 22.0 Å². The molecule has 4 bridgehead atoms. The van der Waals surface area contributed by atoms with Gasteiger partial charge in [-0.15, -0.1) is 0 Å². The van der Waals surface area contributed by atoms with E-state index < -0.39 is 6.03 Å². The van der Waals surface area contributed by atoms with E-state index in [0.717, 1.165) is 27.8 Å². The number of nitrogens with zero attached hydrogens (tertiary/aromatic N) is 2. The number of aliphatic imine (C=N–C) groups is 1. The predicted octanol–water partition coefficient (Wildman–Crippen LogP) is 7.32. The van der Waals surface area contributed by atoms with E-state index in [0.29, 0.717) is 27.7 Å². The van der Waals surface area contributed by atoms with Gasteiger partial charge in [-0.2, -0.15) is 0 Å². The number of nitrogens with one attached hydrogen (secondary N) is 2. The molecule has 4 aliphatic carbocycles. The number of H-pyrrole nitrogens is 1. The number of hydrogen-bond donors (Lipinski definition) is 2. The average Bonchev–Trinajstić information content (AvgIpc) is 3.13. The Morgan fingerprint density at radius 2 is 1.78 bits per heavy atom. The maximum Gasteiger partial charge on any atom is 0.345 e. The summed E-state index contributed by atoms with van der Waals surface area (Å²) < 4.78 is 2.23. The number of carbonyl (C=O) groups excluding carboxylic acids is 1. The molecule has 4 fully saturated rings. The second-order valence-corrected chi connectivity index (χ2v) is 12.6. The van der Waals surface area contributed by atoms with Gasteiger partial charge in [0.05, 0.1) is 16.9 Å². The first-order valence-electron chi connectivity index (χ1n) is 12.9. The molecule has 2 aromatic carbocycles. The summed E-state index contributed by atoms with van der Waals surface area (Å²) in [6, 6.07) is 11.3. The minimum Gasteiger partial charge on any atom is -0.305 e. The molecule has 0 unspecified atom stereocenters. The van der Waals surface area contributed by atoms with Gasteiger partial charge in [0.2, 0.25) is 0 Å². The van der Waals surface area contributed by atoms with Crippen LogP contribution in [0, 0.1) is 31.6 Å². The van der Waals surface area contributed by atoms with Crippen LogP contribution in [0.2, 0.25) is 5.02 Å². The van der Waals surface area contributed by atoms with Gasteiger partial charge in [0.15, 0.2) is 0 Å². The third kappa shape index (κ3) is 4.50. The number of aromatic nitrogens is 2. The standard InChI is InChI=1S/C29H30BrClN4O2/c1-16-3-5-22(11-25(16)31)35-27(36)23(17(2)34-35)15-32-28(37)33-26-10-21(4-6-24(26)30)29-12-18-7-19(13-29)9-20(8-18)14-29/h3-6,10-11,15,18-20,34H,7-9,12-14H2,1-2H3,(H,33,37)/b32-15+. The fourth-order valence-corrected chi connectivity index (χ4v) is 7.82. The zero-order valence-corrected chi connectivity index (χ0v) is 23.3. The predicted molar refractivity (Wildman–Crippen MR) is 151 cm³/mol. The Hall–Kier alpha value is -2.64. The van der Waals surface area contributed by atoms with Crippen LogP contribution in [0.4, 0.5) is 10.5 Å². The van der Waals surface area contributed by atoms with E-state index >= 15 is 0 Å². The number of halogens is 2. The average molecular weight is 582 g/mol. The van der Waals surface area contributed by atoms with Crippen LogP contribution in [0.5, 0.6) is 0 Å². The van der Waals surface area contributed by atoms with Crippen LogP contribution in [-0.2, 0) is 5.41 Å². The summed E-state index contributed by atoms with van der Waals surface area (Å²) in [5, 5.41) is 6.54. The smallest absolute Gasteiger partial charge is 0.305 e. The van der Waals surface area contributed by atoms with Crippen molar-refractivity contribution in [3.8, 4) is 5.69 Å². The van der Waals surface area contributed by atoms with Gasteiger partial charge in [-0.05, 0) is 127 Å². The molecule has 37 heavy (non-hydrogen) atoms. The van der Waals surface area contributed by atoms with Crippen LogP contribution in [0.1, 0.15) is 60.9 Å². The van der Waals surface area contributed by atoms with E-state index in [1.165, 1.54) is 55.0 Å². The van der Waals surface area contributed by atoms with Crippen LogP contribution in [0.15, 0.2) is 50.7 Å². The normalized spacial score (nSPS) is 26.2. The quantitative estimate of drug-likeness (QED) is 0.317. The molecule has 0 atom stereocenters. The summed E-state index contributed by atoms with van der Waals surface area (Å²) in [6.07, 6.45) is 9.29. The van der Waals surface area contributed by atoms with Gasteiger partial charge in [0.25, 0.3) is 5.56 Å². The zero-order chi connectivity index (χ0) is 25.9. The van der Waals surface area contributed by atoms with Crippen LogP contribution < -0.4 is 10.9 Å². The largest absolute Gasteiger partial charge is 0.345 e. The maximum atomic E-state index is 13.0. The summed E-state index contributed by atoms with van der Waals surface area (Å²) in [7, 11) is 0. The van der Waals surface area contributed by atoms with Crippen molar-refractivity contribution in [3.63, 3.8) is 0 Å². The molecule has 7 rings (SSSR count). The summed E-state index contributed by atoms with van der Waals surface area (Å²) >= 11 is 9.83. The van der Waals surface area contributed by atoms with Gasteiger partial charge in [-0.3, -0.25) is 9.89 Å². The molecule has 8 heteroatoms. The van der Waals surface area contributed by atoms with Crippen molar-refractivity contribution in [3.05, 3.63) is 78.6 Å². The fraction of sp³-hybridized carbons (Fsp3) is 0.414. The monoisotopic (exact) mass is 580 g/mol. The van der Waals surface area contributed by atoms with Gasteiger partial charge >= 0.3 is 6.03 Å². The Balaban J connectivity index is 1.22. The summed E-state index contributed by atoms with van der Waals surface area (Å²) in [6.45, 7) is 3.68. The minimum atomic E-state index is -0.520. The van der Waals surface area contributed by atoms with E-state index in [2.05, 4.69) is 43.5 Å². The SMILES string of the molecule is Cc1ccc(-n2[nH]c(C)c(/C=N/C(=O)Nc3cc(C45CC6CC(CC(C6)C4)C5)ccc3Br)c2=O)cc1Cl. The van der Waals surface area contributed by atoms with E-state index in [9.17, 15) is 9.59 Å². The highest BCUT2D eigenvalue weighted by Crippen LogP contribution is 2.61. The summed E-state index contributed by atoms with van der Waals surface area (Å²) in [5.41, 5.74) is 4.49. The van der Waals surface area contributed by atoms with Crippen molar-refractivity contribution in [1.29, 1.82) is 0 Å². The molecule has 192 valence electrons. The number of anilines is 1. The second kappa shape index (κ2) is 9.28. The third-order valence-electron chi connectivity index (χ3n) is 8.70. The maximum absolute atomic E-state index is 13.0. The molecule has 3 aromatic rings. The van der Waals surface area contributed by atoms with Crippen molar-refractivity contribution in [1.82, 2.24) is 9.78 Å². The highest BCUT2D eigenvalue weighted by atomic mass is 79.9. The van der Waals surface area contributed by atoms with Gasteiger partial charge < -0.3 is 5.32 Å². The Morgan fingerprint density at radius 3 is 2.43 bits per heavy atom. The van der Waals surface area contributed by atoms with Gasteiger partial charge in [-0.25, -0.2) is 14.5 Å². The van der Waals surface area contributed by atoms with Crippen molar-refractivity contribution in [2.45, 2.75) is 57.8 Å². The lowest BCUT2D eigenvalue weighted by atomic mass is 9.48. The first kappa shape index (κ1) is 24.7. The number of aryl methyl sites for hydroxylation is 2. The molecule has 2 N–H and O–H groups in total. The summed E-state index contributed by atoms with van der Waals surface area (Å²) in [5.74, 6) is 2.55. The molecule has 0 aliphatic heterocycles. The lowest BCUT2D eigenvalue weighted by Gasteiger charge is -2.57. The first-order chi connectivity index (χ1) is 17.7. The van der Waals surface area contributed by atoms with E-state index in [1.54, 1.807) is 13.0 Å².